The van der Waals surface area contributed by atoms with E-state index in [1.54, 1.807) is 4.57 Å². The lowest BCUT2D eigenvalue weighted by Gasteiger charge is -2.21. The van der Waals surface area contributed by atoms with Gasteiger partial charge in [0.15, 0.2) is 0 Å². The van der Waals surface area contributed by atoms with Crippen molar-refractivity contribution < 1.29 is 8.42 Å². The summed E-state index contributed by atoms with van der Waals surface area (Å²) in [5, 5.41) is 7.86. The Labute approximate surface area is 125 Å². The number of nitrogens with zero attached hydrogens (tertiary/aromatic N) is 3. The Balaban J connectivity index is 2.37. The van der Waals surface area contributed by atoms with Gasteiger partial charge in [0.05, 0.1) is 0 Å². The predicted molar refractivity (Wildman–Crippen MR) is 78.5 cm³/mol. The summed E-state index contributed by atoms with van der Waals surface area (Å²) in [6.07, 6.45) is 8.21. The molecular weight excluding hydrogens is 298 g/mol. The van der Waals surface area contributed by atoms with E-state index in [-0.39, 0.29) is 17.1 Å². The monoisotopic (exact) mass is 319 g/mol. The maximum Gasteiger partial charge on any atom is 0.296 e. The first-order valence-electron chi connectivity index (χ1n) is 7.30. The third-order valence-corrected chi connectivity index (χ3v) is 5.02. The van der Waals surface area contributed by atoms with Gasteiger partial charge in [0.2, 0.25) is 0 Å². The fraction of sp³-hybridized carbons (Fsp3) is 0.846. The van der Waals surface area contributed by atoms with Crippen molar-refractivity contribution in [2.45, 2.75) is 75.9 Å². The molecular formula is C13H22ClN3O2S. The summed E-state index contributed by atoms with van der Waals surface area (Å²) in [7, 11) is 1.62. The molecule has 0 atom stereocenters. The molecule has 1 saturated carbocycles. The average Bonchev–Trinajstić information content (AvgIpc) is 2.72. The lowest BCUT2D eigenvalue weighted by Crippen LogP contribution is -2.15. The molecule has 20 heavy (non-hydrogen) atoms. The smallest absolute Gasteiger partial charge is 0.296 e. The first-order chi connectivity index (χ1) is 9.41. The van der Waals surface area contributed by atoms with Crippen LogP contribution in [0.3, 0.4) is 0 Å². The molecule has 0 amide bonds. The second kappa shape index (κ2) is 6.43. The molecule has 7 heteroatoms. The van der Waals surface area contributed by atoms with E-state index in [1.807, 2.05) is 13.8 Å². The SMILES string of the molecule is CC(C)n1c(C2CCCCCCC2)nnc1S(=O)(=O)Cl. The zero-order valence-electron chi connectivity index (χ0n) is 12.0. The molecule has 0 aromatic carbocycles. The van der Waals surface area contributed by atoms with E-state index >= 15 is 0 Å². The van der Waals surface area contributed by atoms with Gasteiger partial charge < -0.3 is 0 Å². The summed E-state index contributed by atoms with van der Waals surface area (Å²) in [5.41, 5.74) is 0. The van der Waals surface area contributed by atoms with Gasteiger partial charge in [-0.1, -0.05) is 32.1 Å². The minimum atomic E-state index is -3.85. The van der Waals surface area contributed by atoms with Gasteiger partial charge in [-0.25, -0.2) is 8.42 Å². The van der Waals surface area contributed by atoms with Gasteiger partial charge in [0, 0.05) is 22.6 Å². The third-order valence-electron chi connectivity index (χ3n) is 3.90. The van der Waals surface area contributed by atoms with E-state index < -0.39 is 9.05 Å². The highest BCUT2D eigenvalue weighted by molar-refractivity contribution is 8.13. The van der Waals surface area contributed by atoms with Gasteiger partial charge in [-0.3, -0.25) is 4.57 Å². The summed E-state index contributed by atoms with van der Waals surface area (Å²) < 4.78 is 24.9. The van der Waals surface area contributed by atoms with Crippen LogP contribution in [0.2, 0.25) is 0 Å². The highest BCUT2D eigenvalue weighted by Crippen LogP contribution is 2.32. The quantitative estimate of drug-likeness (QED) is 0.798. The number of halogens is 1. The zero-order valence-corrected chi connectivity index (χ0v) is 13.6. The molecule has 1 aromatic rings. The van der Waals surface area contributed by atoms with Gasteiger partial charge >= 0.3 is 0 Å². The Morgan fingerprint density at radius 1 is 1.10 bits per heavy atom. The molecule has 1 aliphatic carbocycles. The molecule has 1 aliphatic rings. The van der Waals surface area contributed by atoms with Gasteiger partial charge in [-0.2, -0.15) is 0 Å². The van der Waals surface area contributed by atoms with Gasteiger partial charge in [0.25, 0.3) is 14.2 Å². The van der Waals surface area contributed by atoms with E-state index in [2.05, 4.69) is 10.2 Å². The normalized spacial score (nSPS) is 19.0. The number of hydrogen-bond acceptors (Lipinski definition) is 4. The van der Waals surface area contributed by atoms with Crippen LogP contribution in [0.5, 0.6) is 0 Å². The Kier molecular flexibility index (Phi) is 5.07. The molecule has 1 heterocycles. The van der Waals surface area contributed by atoms with Crippen molar-refractivity contribution in [3.8, 4) is 0 Å². The molecule has 0 unspecified atom stereocenters. The maximum atomic E-state index is 11.6. The van der Waals surface area contributed by atoms with Crippen LogP contribution in [0.1, 0.15) is 76.6 Å². The second-order valence-corrected chi connectivity index (χ2v) is 8.24. The highest BCUT2D eigenvalue weighted by atomic mass is 35.7. The van der Waals surface area contributed by atoms with Crippen LogP contribution in [0.15, 0.2) is 5.16 Å². The van der Waals surface area contributed by atoms with Crippen LogP contribution < -0.4 is 0 Å². The molecule has 0 bridgehead atoms. The van der Waals surface area contributed by atoms with Crippen molar-refractivity contribution >= 4 is 19.7 Å². The zero-order chi connectivity index (χ0) is 14.8. The molecule has 2 rings (SSSR count). The Morgan fingerprint density at radius 2 is 1.65 bits per heavy atom. The minimum Gasteiger partial charge on any atom is -0.298 e. The molecule has 0 spiro atoms. The van der Waals surface area contributed by atoms with Crippen LogP contribution in [0.25, 0.3) is 0 Å². The van der Waals surface area contributed by atoms with E-state index in [4.69, 9.17) is 10.7 Å². The third kappa shape index (κ3) is 3.52. The van der Waals surface area contributed by atoms with Crippen molar-refractivity contribution in [3.63, 3.8) is 0 Å². The molecule has 0 radical (unpaired) electrons. The maximum absolute atomic E-state index is 11.6. The standard InChI is InChI=1S/C13H22ClN3O2S/c1-10(2)17-12(15-16-13(17)20(14,18)19)11-8-6-4-3-5-7-9-11/h10-11H,3-9H2,1-2H3. The van der Waals surface area contributed by atoms with Gasteiger partial charge in [-0.05, 0) is 26.7 Å². The fourth-order valence-electron chi connectivity index (χ4n) is 2.93. The highest BCUT2D eigenvalue weighted by Gasteiger charge is 2.28. The first kappa shape index (κ1) is 15.8. The number of rotatable bonds is 3. The number of aromatic nitrogens is 3. The largest absolute Gasteiger partial charge is 0.298 e. The summed E-state index contributed by atoms with van der Waals surface area (Å²) in [6, 6.07) is -0.0195. The first-order valence-corrected chi connectivity index (χ1v) is 9.61. The Hall–Kier alpha value is -0.620. The van der Waals surface area contributed by atoms with Crippen molar-refractivity contribution in [2.75, 3.05) is 0 Å². The fourth-order valence-corrected chi connectivity index (χ4v) is 3.93. The van der Waals surface area contributed by atoms with Crippen molar-refractivity contribution in [1.82, 2.24) is 14.8 Å². The van der Waals surface area contributed by atoms with Crippen LogP contribution in [-0.2, 0) is 9.05 Å². The predicted octanol–water partition coefficient (Wildman–Crippen LogP) is 3.61. The lowest BCUT2D eigenvalue weighted by molar-refractivity contribution is 0.411. The molecule has 5 nitrogen and oxygen atoms in total. The van der Waals surface area contributed by atoms with Crippen LogP contribution in [0, 0.1) is 0 Å². The molecule has 1 aromatic heterocycles. The summed E-state index contributed by atoms with van der Waals surface area (Å²) >= 11 is 0. The Bertz CT molecular complexity index is 546. The van der Waals surface area contributed by atoms with Crippen molar-refractivity contribution in [2.24, 2.45) is 0 Å². The van der Waals surface area contributed by atoms with Gasteiger partial charge in [0.1, 0.15) is 5.82 Å². The van der Waals surface area contributed by atoms with Crippen LogP contribution in [-0.4, -0.2) is 23.2 Å². The van der Waals surface area contributed by atoms with E-state index in [9.17, 15) is 8.42 Å². The minimum absolute atomic E-state index is 0.0195. The number of hydrogen-bond donors (Lipinski definition) is 0. The summed E-state index contributed by atoms with van der Waals surface area (Å²) in [5.74, 6) is 1.07. The lowest BCUT2D eigenvalue weighted by atomic mass is 9.90. The van der Waals surface area contributed by atoms with Crippen LogP contribution >= 0.6 is 10.7 Å². The van der Waals surface area contributed by atoms with Crippen molar-refractivity contribution in [3.05, 3.63) is 5.82 Å². The summed E-state index contributed by atoms with van der Waals surface area (Å²) in [6.45, 7) is 3.86. The topological polar surface area (TPSA) is 64.8 Å². The molecule has 0 saturated heterocycles. The average molecular weight is 320 g/mol. The van der Waals surface area contributed by atoms with E-state index in [1.165, 1.54) is 32.1 Å². The molecule has 0 aliphatic heterocycles. The Morgan fingerprint density at radius 3 is 2.15 bits per heavy atom. The molecule has 1 fully saturated rings. The molecule has 114 valence electrons. The summed E-state index contributed by atoms with van der Waals surface area (Å²) in [4.78, 5) is 0. The van der Waals surface area contributed by atoms with E-state index in [0.717, 1.165) is 18.7 Å². The van der Waals surface area contributed by atoms with E-state index in [0.29, 0.717) is 0 Å². The molecule has 0 N–H and O–H groups in total. The van der Waals surface area contributed by atoms with Crippen molar-refractivity contribution in [1.29, 1.82) is 0 Å². The van der Waals surface area contributed by atoms with Gasteiger partial charge in [-0.15, -0.1) is 10.2 Å². The van der Waals surface area contributed by atoms with Crippen LogP contribution in [0.4, 0.5) is 0 Å². The second-order valence-electron chi connectivity index (χ2n) is 5.78.